The maximum absolute atomic E-state index is 6.20. The van der Waals surface area contributed by atoms with E-state index in [0.717, 1.165) is 41.0 Å². The van der Waals surface area contributed by atoms with Crippen LogP contribution < -0.4 is 10.2 Å². The number of nitrogens with zero attached hydrogens (tertiary/aromatic N) is 2. The lowest BCUT2D eigenvalue weighted by molar-refractivity contribution is 0.342. The standard InChI is InChI=1S/C20H24ClN3S/c1-14-7-9-17(10-8-14)24-12-11-23(13-15(24)2)20(25)22-19-6-4-5-18(21)16(19)3/h4-10,15H,11-13H2,1-3H3,(H,22,25)/t15-/m1/s1. The molecular weight excluding hydrogens is 350 g/mol. The average Bonchev–Trinajstić information content (AvgIpc) is 2.60. The molecule has 2 aromatic carbocycles. The molecule has 1 atom stereocenters. The fraction of sp³-hybridized carbons (Fsp3) is 0.350. The summed E-state index contributed by atoms with van der Waals surface area (Å²) in [4.78, 5) is 4.69. The van der Waals surface area contributed by atoms with Crippen LogP contribution in [0.4, 0.5) is 11.4 Å². The molecular formula is C20H24ClN3S. The maximum Gasteiger partial charge on any atom is 0.173 e. The van der Waals surface area contributed by atoms with Crippen LogP contribution in [0.2, 0.25) is 5.02 Å². The van der Waals surface area contributed by atoms with Crippen molar-refractivity contribution in [2.24, 2.45) is 0 Å². The fourth-order valence-electron chi connectivity index (χ4n) is 3.20. The van der Waals surface area contributed by atoms with Gasteiger partial charge in [0.25, 0.3) is 0 Å². The summed E-state index contributed by atoms with van der Waals surface area (Å²) < 4.78 is 0. The predicted octanol–water partition coefficient (Wildman–Crippen LogP) is 4.86. The molecule has 0 saturated carbocycles. The van der Waals surface area contributed by atoms with Crippen molar-refractivity contribution >= 4 is 40.3 Å². The van der Waals surface area contributed by atoms with E-state index >= 15 is 0 Å². The van der Waals surface area contributed by atoms with Crippen molar-refractivity contribution in [2.45, 2.75) is 26.8 Å². The summed E-state index contributed by atoms with van der Waals surface area (Å²) >= 11 is 11.8. The highest BCUT2D eigenvalue weighted by atomic mass is 35.5. The van der Waals surface area contributed by atoms with Crippen LogP contribution in [0.3, 0.4) is 0 Å². The van der Waals surface area contributed by atoms with Gasteiger partial charge in [0.1, 0.15) is 0 Å². The molecule has 25 heavy (non-hydrogen) atoms. The molecule has 1 fully saturated rings. The molecule has 1 aliphatic rings. The van der Waals surface area contributed by atoms with Gasteiger partial charge in [-0.15, -0.1) is 0 Å². The second-order valence-corrected chi connectivity index (χ2v) is 7.46. The van der Waals surface area contributed by atoms with Crippen molar-refractivity contribution in [3.63, 3.8) is 0 Å². The molecule has 1 aliphatic heterocycles. The minimum absolute atomic E-state index is 0.400. The fourth-order valence-corrected chi connectivity index (χ4v) is 3.65. The van der Waals surface area contributed by atoms with Crippen molar-refractivity contribution in [3.8, 4) is 0 Å². The number of hydrogen-bond acceptors (Lipinski definition) is 2. The highest BCUT2D eigenvalue weighted by Crippen LogP contribution is 2.25. The number of piperazine rings is 1. The van der Waals surface area contributed by atoms with E-state index in [2.05, 4.69) is 53.2 Å². The molecule has 0 bridgehead atoms. The molecule has 1 saturated heterocycles. The van der Waals surface area contributed by atoms with Crippen molar-refractivity contribution < 1.29 is 0 Å². The first-order valence-corrected chi connectivity index (χ1v) is 9.38. The van der Waals surface area contributed by atoms with Crippen LogP contribution in [0.1, 0.15) is 18.1 Å². The van der Waals surface area contributed by atoms with Crippen LogP contribution in [0.5, 0.6) is 0 Å². The Labute approximate surface area is 160 Å². The number of aryl methyl sites for hydroxylation is 1. The number of benzene rings is 2. The summed E-state index contributed by atoms with van der Waals surface area (Å²) in [6.45, 7) is 9.14. The Morgan fingerprint density at radius 1 is 1.12 bits per heavy atom. The molecule has 132 valence electrons. The zero-order chi connectivity index (χ0) is 18.0. The molecule has 2 aromatic rings. The SMILES string of the molecule is Cc1ccc(N2CCN(C(=S)Nc3cccc(Cl)c3C)C[C@H]2C)cc1. The van der Waals surface area contributed by atoms with Gasteiger partial charge in [0, 0.05) is 42.1 Å². The topological polar surface area (TPSA) is 18.5 Å². The number of rotatable bonds is 2. The third-order valence-electron chi connectivity index (χ3n) is 4.79. The first-order valence-electron chi connectivity index (χ1n) is 8.60. The summed E-state index contributed by atoms with van der Waals surface area (Å²) in [7, 11) is 0. The van der Waals surface area contributed by atoms with Crippen molar-refractivity contribution in [1.29, 1.82) is 0 Å². The normalized spacial score (nSPS) is 17.5. The molecule has 0 amide bonds. The summed E-state index contributed by atoms with van der Waals surface area (Å²) in [5.41, 5.74) is 4.57. The minimum Gasteiger partial charge on any atom is -0.365 e. The lowest BCUT2D eigenvalue weighted by Gasteiger charge is -2.42. The van der Waals surface area contributed by atoms with Gasteiger partial charge in [0.2, 0.25) is 0 Å². The van der Waals surface area contributed by atoms with Crippen molar-refractivity contribution in [3.05, 3.63) is 58.6 Å². The summed E-state index contributed by atoms with van der Waals surface area (Å²) in [5.74, 6) is 0. The van der Waals surface area contributed by atoms with Crippen LogP contribution in [0, 0.1) is 13.8 Å². The number of halogens is 1. The largest absolute Gasteiger partial charge is 0.365 e. The number of nitrogens with one attached hydrogen (secondary N) is 1. The molecule has 5 heteroatoms. The van der Waals surface area contributed by atoms with Crippen molar-refractivity contribution in [1.82, 2.24) is 4.90 Å². The van der Waals surface area contributed by atoms with Gasteiger partial charge < -0.3 is 15.1 Å². The zero-order valence-electron chi connectivity index (χ0n) is 14.9. The second kappa shape index (κ2) is 7.63. The van der Waals surface area contributed by atoms with Gasteiger partial charge >= 0.3 is 0 Å². The van der Waals surface area contributed by atoms with Gasteiger partial charge in [-0.2, -0.15) is 0 Å². The Kier molecular flexibility index (Phi) is 5.50. The molecule has 3 nitrogen and oxygen atoms in total. The first kappa shape index (κ1) is 18.0. The number of hydrogen-bond donors (Lipinski definition) is 1. The molecule has 1 N–H and O–H groups in total. The summed E-state index contributed by atoms with van der Waals surface area (Å²) in [6, 6.07) is 15.0. The first-order chi connectivity index (χ1) is 12.0. The van der Waals surface area contributed by atoms with E-state index in [0.29, 0.717) is 6.04 Å². The summed E-state index contributed by atoms with van der Waals surface area (Å²) in [5, 5.41) is 4.88. The van der Waals surface area contributed by atoms with E-state index in [1.165, 1.54) is 11.3 Å². The summed E-state index contributed by atoms with van der Waals surface area (Å²) in [6.07, 6.45) is 0. The van der Waals surface area contributed by atoms with E-state index in [1.807, 2.05) is 25.1 Å². The van der Waals surface area contributed by atoms with Crippen LogP contribution in [0.25, 0.3) is 0 Å². The van der Waals surface area contributed by atoms with Crippen LogP contribution >= 0.6 is 23.8 Å². The van der Waals surface area contributed by atoms with Crippen LogP contribution in [0.15, 0.2) is 42.5 Å². The van der Waals surface area contributed by atoms with Crippen LogP contribution in [-0.4, -0.2) is 35.7 Å². The maximum atomic E-state index is 6.20. The molecule has 0 spiro atoms. The third kappa shape index (κ3) is 4.07. The quantitative estimate of drug-likeness (QED) is 0.757. The Hall–Kier alpha value is -1.78. The Bertz CT molecular complexity index is 760. The average molecular weight is 374 g/mol. The van der Waals surface area contributed by atoms with Gasteiger partial charge in [0.15, 0.2) is 5.11 Å². The lowest BCUT2D eigenvalue weighted by atomic mass is 10.1. The molecule has 0 unspecified atom stereocenters. The third-order valence-corrected chi connectivity index (χ3v) is 5.56. The second-order valence-electron chi connectivity index (χ2n) is 6.67. The van der Waals surface area contributed by atoms with Crippen LogP contribution in [-0.2, 0) is 0 Å². The Balaban J connectivity index is 1.65. The minimum atomic E-state index is 0.400. The number of thiocarbonyl (C=S) groups is 1. The predicted molar refractivity (Wildman–Crippen MR) is 112 cm³/mol. The highest BCUT2D eigenvalue weighted by Gasteiger charge is 2.25. The van der Waals surface area contributed by atoms with Gasteiger partial charge in [-0.1, -0.05) is 35.4 Å². The van der Waals surface area contributed by atoms with Crippen molar-refractivity contribution in [2.75, 3.05) is 29.9 Å². The molecule has 1 heterocycles. The zero-order valence-corrected chi connectivity index (χ0v) is 16.5. The van der Waals surface area contributed by atoms with Gasteiger partial charge in [0.05, 0.1) is 0 Å². The Morgan fingerprint density at radius 3 is 2.52 bits per heavy atom. The number of anilines is 2. The highest BCUT2D eigenvalue weighted by molar-refractivity contribution is 7.80. The van der Waals surface area contributed by atoms with E-state index in [-0.39, 0.29) is 0 Å². The van der Waals surface area contributed by atoms with E-state index in [4.69, 9.17) is 23.8 Å². The molecule has 0 aromatic heterocycles. The Morgan fingerprint density at radius 2 is 1.84 bits per heavy atom. The molecule has 3 rings (SSSR count). The van der Waals surface area contributed by atoms with Gasteiger partial charge in [-0.3, -0.25) is 0 Å². The van der Waals surface area contributed by atoms with Gasteiger partial charge in [-0.25, -0.2) is 0 Å². The van der Waals surface area contributed by atoms with E-state index < -0.39 is 0 Å². The molecule has 0 aliphatic carbocycles. The van der Waals surface area contributed by atoms with Gasteiger partial charge in [-0.05, 0) is 62.8 Å². The van der Waals surface area contributed by atoms with E-state index in [9.17, 15) is 0 Å². The monoisotopic (exact) mass is 373 g/mol. The lowest BCUT2D eigenvalue weighted by Crippen LogP contribution is -2.54. The van der Waals surface area contributed by atoms with E-state index in [1.54, 1.807) is 0 Å². The smallest absolute Gasteiger partial charge is 0.173 e. The molecule has 0 radical (unpaired) electrons.